The van der Waals surface area contributed by atoms with E-state index in [-0.39, 0.29) is 0 Å². The normalized spacial score (nSPS) is 16.8. The van der Waals surface area contributed by atoms with Crippen LogP contribution in [0.3, 0.4) is 0 Å². The number of fused-ring (bicyclic) bond motifs is 1. The summed E-state index contributed by atoms with van der Waals surface area (Å²) >= 11 is 13.1. The van der Waals surface area contributed by atoms with Gasteiger partial charge in [0.15, 0.2) is 0 Å². The molecule has 1 aromatic heterocycles. The van der Waals surface area contributed by atoms with Crippen LogP contribution in [-0.4, -0.2) is 34.8 Å². The molecule has 2 fully saturated rings. The monoisotopic (exact) mass is 501 g/mol. The summed E-state index contributed by atoms with van der Waals surface area (Å²) < 4.78 is 5.29. The van der Waals surface area contributed by atoms with Crippen molar-refractivity contribution in [3.05, 3.63) is 45.9 Å². The van der Waals surface area contributed by atoms with Crippen molar-refractivity contribution in [3.8, 4) is 0 Å². The molecule has 34 heavy (non-hydrogen) atoms. The minimum atomic E-state index is -0.547. The summed E-state index contributed by atoms with van der Waals surface area (Å²) in [6.45, 7) is 7.93. The SMILES string of the molecule is CC(C)(C)OC(=O)NCc1ccc(Cl)c(Nc2nc3cc(Cl)c(N4CCC5(CC5)C4)cc3[nH]2)c1. The molecule has 1 spiro atoms. The average Bonchev–Trinajstić information content (AvgIpc) is 3.19. The summed E-state index contributed by atoms with van der Waals surface area (Å²) in [6, 6.07) is 9.52. The van der Waals surface area contributed by atoms with Gasteiger partial charge in [0.2, 0.25) is 5.95 Å². The summed E-state index contributed by atoms with van der Waals surface area (Å²) in [7, 11) is 0. The first kappa shape index (κ1) is 23.1. The van der Waals surface area contributed by atoms with Crippen molar-refractivity contribution in [2.45, 2.75) is 52.2 Å². The topological polar surface area (TPSA) is 82.3 Å². The molecule has 2 aliphatic rings. The highest BCUT2D eigenvalue weighted by Crippen LogP contribution is 2.54. The van der Waals surface area contributed by atoms with E-state index < -0.39 is 11.7 Å². The van der Waals surface area contributed by atoms with Crippen molar-refractivity contribution >= 4 is 57.7 Å². The summed E-state index contributed by atoms with van der Waals surface area (Å²) in [5, 5.41) is 7.29. The molecule has 5 rings (SSSR count). The minimum Gasteiger partial charge on any atom is -0.444 e. The maximum atomic E-state index is 12.0. The van der Waals surface area contributed by atoms with E-state index >= 15 is 0 Å². The fourth-order valence-electron chi connectivity index (χ4n) is 4.44. The highest BCUT2D eigenvalue weighted by molar-refractivity contribution is 6.34. The van der Waals surface area contributed by atoms with Gasteiger partial charge >= 0.3 is 6.09 Å². The number of nitrogens with zero attached hydrogens (tertiary/aromatic N) is 2. The molecule has 1 saturated carbocycles. The fraction of sp³-hybridized carbons (Fsp3) is 0.440. The maximum Gasteiger partial charge on any atom is 0.407 e. The number of aromatic nitrogens is 2. The maximum absolute atomic E-state index is 12.0. The number of ether oxygens (including phenoxy) is 1. The molecular weight excluding hydrogens is 473 g/mol. The first-order chi connectivity index (χ1) is 16.1. The van der Waals surface area contributed by atoms with Crippen LogP contribution in [0, 0.1) is 5.41 Å². The van der Waals surface area contributed by atoms with Crippen LogP contribution in [0.25, 0.3) is 11.0 Å². The van der Waals surface area contributed by atoms with Crippen LogP contribution in [0.4, 0.5) is 22.1 Å². The van der Waals surface area contributed by atoms with E-state index in [1.54, 1.807) is 6.07 Å². The van der Waals surface area contributed by atoms with Gasteiger partial charge in [0.25, 0.3) is 0 Å². The van der Waals surface area contributed by atoms with Gasteiger partial charge in [0, 0.05) is 19.6 Å². The fourth-order valence-corrected chi connectivity index (χ4v) is 4.88. The van der Waals surface area contributed by atoms with Gasteiger partial charge in [-0.2, -0.15) is 0 Å². The predicted octanol–water partition coefficient (Wildman–Crippen LogP) is 6.63. The van der Waals surface area contributed by atoms with Gasteiger partial charge in [-0.25, -0.2) is 9.78 Å². The van der Waals surface area contributed by atoms with Gasteiger partial charge < -0.3 is 25.3 Å². The van der Waals surface area contributed by atoms with Gasteiger partial charge in [0.05, 0.1) is 32.5 Å². The summed E-state index contributed by atoms with van der Waals surface area (Å²) in [5.74, 6) is 0.572. The number of halogens is 2. The Hall–Kier alpha value is -2.64. The van der Waals surface area contributed by atoms with Crippen LogP contribution in [-0.2, 0) is 11.3 Å². The van der Waals surface area contributed by atoms with Gasteiger partial charge in [-0.15, -0.1) is 0 Å². The minimum absolute atomic E-state index is 0.317. The lowest BCUT2D eigenvalue weighted by atomic mass is 10.1. The summed E-state index contributed by atoms with van der Waals surface area (Å²) in [6.07, 6.45) is 3.44. The molecule has 1 amide bonds. The first-order valence-corrected chi connectivity index (χ1v) is 12.3. The molecule has 0 bridgehead atoms. The van der Waals surface area contributed by atoms with Crippen molar-refractivity contribution in [2.75, 3.05) is 23.3 Å². The Bertz CT molecular complexity index is 1250. The molecule has 0 atom stereocenters. The number of carbonyl (C=O) groups is 1. The molecule has 3 N–H and O–H groups in total. The average molecular weight is 502 g/mol. The molecule has 1 saturated heterocycles. The van der Waals surface area contributed by atoms with Gasteiger partial charge in [-0.1, -0.05) is 29.3 Å². The van der Waals surface area contributed by atoms with Crippen LogP contribution in [0.15, 0.2) is 30.3 Å². The molecule has 0 radical (unpaired) electrons. The number of amides is 1. The Kier molecular flexibility index (Phi) is 5.81. The number of alkyl carbamates (subject to hydrolysis) is 1. The zero-order valence-electron chi connectivity index (χ0n) is 19.6. The summed E-state index contributed by atoms with van der Waals surface area (Å²) in [4.78, 5) is 22.3. The number of rotatable bonds is 5. The third-order valence-corrected chi connectivity index (χ3v) is 7.04. The lowest BCUT2D eigenvalue weighted by Gasteiger charge is -2.20. The van der Waals surface area contributed by atoms with Crippen molar-refractivity contribution in [1.82, 2.24) is 15.3 Å². The highest BCUT2D eigenvalue weighted by Gasteiger charge is 2.48. The van der Waals surface area contributed by atoms with Gasteiger partial charge in [-0.3, -0.25) is 0 Å². The van der Waals surface area contributed by atoms with Crippen LogP contribution in [0.1, 0.15) is 45.6 Å². The Labute approximate surface area is 209 Å². The van der Waals surface area contributed by atoms with Crippen LogP contribution < -0.4 is 15.5 Å². The molecule has 0 unspecified atom stereocenters. The number of hydrogen-bond acceptors (Lipinski definition) is 5. The smallest absolute Gasteiger partial charge is 0.407 e. The molecule has 3 aromatic rings. The Morgan fingerprint density at radius 1 is 1.18 bits per heavy atom. The molecular formula is C25H29Cl2N5O2. The van der Waals surface area contributed by atoms with E-state index in [0.717, 1.165) is 40.4 Å². The number of imidazole rings is 1. The van der Waals surface area contributed by atoms with E-state index in [9.17, 15) is 4.79 Å². The second-order valence-electron chi connectivity index (χ2n) is 10.4. The van der Waals surface area contributed by atoms with E-state index in [4.69, 9.17) is 27.9 Å². The highest BCUT2D eigenvalue weighted by atomic mass is 35.5. The van der Waals surface area contributed by atoms with Crippen molar-refractivity contribution in [1.29, 1.82) is 0 Å². The standard InChI is InChI=1S/C25H29Cl2N5O2/c1-24(2,3)34-23(33)28-13-15-4-5-16(26)18(10-15)29-22-30-19-11-17(27)21(12-20(19)31-22)32-9-8-25(14-32)6-7-25/h4-5,10-12H,6-9,13-14H2,1-3H3,(H,28,33)(H2,29,30,31). The first-order valence-electron chi connectivity index (χ1n) is 11.6. The second kappa shape index (κ2) is 8.54. The number of H-pyrrole nitrogens is 1. The number of benzene rings is 2. The van der Waals surface area contributed by atoms with Crippen LogP contribution in [0.5, 0.6) is 0 Å². The number of aromatic amines is 1. The third kappa shape index (κ3) is 5.05. The van der Waals surface area contributed by atoms with Crippen molar-refractivity contribution in [3.63, 3.8) is 0 Å². The van der Waals surface area contributed by atoms with Gasteiger partial charge in [0.1, 0.15) is 5.60 Å². The lowest BCUT2D eigenvalue weighted by Crippen LogP contribution is -2.32. The quantitative estimate of drug-likeness (QED) is 0.365. The zero-order chi connectivity index (χ0) is 24.1. The largest absolute Gasteiger partial charge is 0.444 e. The zero-order valence-corrected chi connectivity index (χ0v) is 21.1. The molecule has 1 aliphatic carbocycles. The Morgan fingerprint density at radius 3 is 2.68 bits per heavy atom. The van der Waals surface area contributed by atoms with E-state index in [1.807, 2.05) is 39.0 Å². The second-order valence-corrected chi connectivity index (χ2v) is 11.2. The Balaban J connectivity index is 1.30. The van der Waals surface area contributed by atoms with Crippen molar-refractivity contribution in [2.24, 2.45) is 5.41 Å². The molecule has 7 nitrogen and oxygen atoms in total. The van der Waals surface area contributed by atoms with Gasteiger partial charge in [-0.05, 0) is 75.3 Å². The van der Waals surface area contributed by atoms with Crippen LogP contribution >= 0.6 is 23.2 Å². The molecule has 9 heteroatoms. The number of carbonyl (C=O) groups excluding carboxylic acids is 1. The van der Waals surface area contributed by atoms with E-state index in [0.29, 0.717) is 28.6 Å². The van der Waals surface area contributed by atoms with E-state index in [2.05, 4.69) is 31.6 Å². The summed E-state index contributed by atoms with van der Waals surface area (Å²) in [5.41, 5.74) is 4.30. The lowest BCUT2D eigenvalue weighted by molar-refractivity contribution is 0.0523. The van der Waals surface area contributed by atoms with E-state index in [1.165, 1.54) is 19.3 Å². The number of hydrogen-bond donors (Lipinski definition) is 3. The molecule has 2 heterocycles. The third-order valence-electron chi connectivity index (χ3n) is 6.41. The van der Waals surface area contributed by atoms with Crippen LogP contribution in [0.2, 0.25) is 10.0 Å². The predicted molar refractivity (Wildman–Crippen MR) is 137 cm³/mol. The molecule has 1 aliphatic heterocycles. The number of anilines is 3. The Morgan fingerprint density at radius 2 is 1.97 bits per heavy atom. The molecule has 2 aromatic carbocycles. The molecule has 180 valence electrons. The van der Waals surface area contributed by atoms with Crippen molar-refractivity contribution < 1.29 is 9.53 Å². The number of nitrogens with one attached hydrogen (secondary N) is 3.